The van der Waals surface area contributed by atoms with Crippen molar-refractivity contribution >= 4 is 28.8 Å². The number of carbonyl (C=O) groups is 1. The Hall–Kier alpha value is -5.26. The van der Waals surface area contributed by atoms with Crippen molar-refractivity contribution in [1.82, 2.24) is 34.1 Å². The number of fused-ring (bicyclic) bond motifs is 1. The summed E-state index contributed by atoms with van der Waals surface area (Å²) in [5.41, 5.74) is 12.4. The first kappa shape index (κ1) is 24.4. The van der Waals surface area contributed by atoms with Crippen LogP contribution in [0.1, 0.15) is 16.8 Å². The maximum atomic E-state index is 13.6. The quantitative estimate of drug-likeness (QED) is 0.263. The molecule has 3 heterocycles. The van der Waals surface area contributed by atoms with Crippen LogP contribution in [-0.4, -0.2) is 34.6 Å². The topological polar surface area (TPSA) is 155 Å². The maximum Gasteiger partial charge on any atom is 0.333 e. The molecule has 5 rings (SSSR count). The van der Waals surface area contributed by atoms with Gasteiger partial charge >= 0.3 is 5.69 Å². The molecule has 0 bridgehead atoms. The highest BCUT2D eigenvalue weighted by Gasteiger charge is 2.20. The number of amides is 1. The maximum absolute atomic E-state index is 13.6. The van der Waals surface area contributed by atoms with Crippen molar-refractivity contribution in [2.45, 2.75) is 26.6 Å². The molecule has 12 heteroatoms. The minimum absolute atomic E-state index is 0.0406. The summed E-state index contributed by atoms with van der Waals surface area (Å²) < 4.78 is 4.00. The predicted octanol–water partition coefficient (Wildman–Crippen LogP) is 1.28. The Morgan fingerprint density at radius 2 is 1.58 bits per heavy atom. The van der Waals surface area contributed by atoms with Crippen LogP contribution >= 0.6 is 0 Å². The smallest absolute Gasteiger partial charge is 0.333 e. The lowest BCUT2D eigenvalue weighted by atomic mass is 10.2. The lowest BCUT2D eigenvalue weighted by Gasteiger charge is -2.13. The molecule has 0 aliphatic heterocycles. The van der Waals surface area contributed by atoms with Gasteiger partial charge < -0.3 is 10.3 Å². The van der Waals surface area contributed by atoms with Crippen molar-refractivity contribution in [2.24, 2.45) is 0 Å². The summed E-state index contributed by atoms with van der Waals surface area (Å²) in [5.74, 6) is -0.314. The third-order valence-electron chi connectivity index (χ3n) is 5.87. The van der Waals surface area contributed by atoms with Crippen LogP contribution in [-0.2, 0) is 24.4 Å². The minimum atomic E-state index is -0.645. The lowest BCUT2D eigenvalue weighted by molar-refractivity contribution is -0.121. The minimum Gasteiger partial charge on any atom is -0.368 e. The van der Waals surface area contributed by atoms with Gasteiger partial charge in [-0.25, -0.2) is 19.3 Å². The van der Waals surface area contributed by atoms with Crippen LogP contribution in [0.15, 0.2) is 82.6 Å². The van der Waals surface area contributed by atoms with Crippen molar-refractivity contribution in [1.29, 1.82) is 0 Å². The largest absolute Gasteiger partial charge is 0.368 e. The molecule has 0 saturated carbocycles. The van der Waals surface area contributed by atoms with Gasteiger partial charge in [-0.2, -0.15) is 4.98 Å². The molecular weight excluding hydrogens is 486 g/mol. The highest BCUT2D eigenvalue weighted by atomic mass is 16.2. The normalized spacial score (nSPS) is 11.0. The molecule has 0 aliphatic carbocycles. The van der Waals surface area contributed by atoms with Crippen LogP contribution < -0.4 is 27.8 Å². The van der Waals surface area contributed by atoms with E-state index in [2.05, 4.69) is 25.8 Å². The molecule has 0 atom stereocenters. The molecule has 38 heavy (non-hydrogen) atoms. The molecule has 0 aliphatic rings. The summed E-state index contributed by atoms with van der Waals surface area (Å²) in [5, 5.41) is 0. The predicted molar refractivity (Wildman–Crippen MR) is 142 cm³/mol. The number of carbonyl (C=O) groups excluding carboxylic acids is 1. The Kier molecular flexibility index (Phi) is 6.68. The van der Waals surface area contributed by atoms with Crippen molar-refractivity contribution in [3.63, 3.8) is 0 Å². The monoisotopic (exact) mass is 511 g/mol. The van der Waals surface area contributed by atoms with Crippen molar-refractivity contribution < 1.29 is 4.79 Å². The van der Waals surface area contributed by atoms with E-state index in [9.17, 15) is 14.4 Å². The van der Waals surface area contributed by atoms with Crippen LogP contribution in [0.3, 0.4) is 0 Å². The van der Waals surface area contributed by atoms with E-state index in [4.69, 9.17) is 5.73 Å². The van der Waals surface area contributed by atoms with E-state index in [-0.39, 0.29) is 29.5 Å². The van der Waals surface area contributed by atoms with Gasteiger partial charge in [0.05, 0.1) is 12.9 Å². The van der Waals surface area contributed by atoms with Crippen LogP contribution in [0.4, 0.5) is 11.8 Å². The fourth-order valence-electron chi connectivity index (χ4n) is 4.16. The summed E-state index contributed by atoms with van der Waals surface area (Å²) in [7, 11) is 0. The fourth-order valence-corrected chi connectivity index (χ4v) is 4.16. The van der Waals surface area contributed by atoms with E-state index in [1.54, 1.807) is 17.6 Å². The first-order valence-corrected chi connectivity index (χ1v) is 11.8. The number of nitrogens with two attached hydrogens (primary N) is 1. The summed E-state index contributed by atoms with van der Waals surface area (Å²) in [6, 6.07) is 20.5. The second-order valence-corrected chi connectivity index (χ2v) is 8.70. The SMILES string of the molecule is Cc1cc(NNC(=O)Cn2c(=O)c3c(ncn3Cc3ccccc3)n(Cc3ccccc3)c2=O)nc(N)n1. The number of nitrogens with zero attached hydrogens (tertiary/aromatic N) is 6. The Morgan fingerprint density at radius 3 is 2.24 bits per heavy atom. The number of rotatable bonds is 8. The number of hydrogen-bond acceptors (Lipinski definition) is 8. The molecule has 0 radical (unpaired) electrons. The van der Waals surface area contributed by atoms with Gasteiger partial charge in [-0.05, 0) is 18.1 Å². The third-order valence-corrected chi connectivity index (χ3v) is 5.87. The molecule has 12 nitrogen and oxygen atoms in total. The van der Waals surface area contributed by atoms with Gasteiger partial charge in [-0.1, -0.05) is 60.7 Å². The fraction of sp³-hybridized carbons (Fsp3) is 0.154. The second-order valence-electron chi connectivity index (χ2n) is 8.70. The molecule has 5 aromatic rings. The van der Waals surface area contributed by atoms with Gasteiger partial charge in [0.2, 0.25) is 5.95 Å². The van der Waals surface area contributed by atoms with Crippen LogP contribution in [0.5, 0.6) is 0 Å². The van der Waals surface area contributed by atoms with Crippen molar-refractivity contribution in [3.8, 4) is 0 Å². The standard InChI is InChI=1S/C26H25N9O3/c1-17-12-20(30-25(27)29-17)31-32-21(36)15-35-24(37)22-23(28-16-33(22)13-18-8-4-2-5-9-18)34(26(35)38)14-19-10-6-3-7-11-19/h2-12,16H,13-15H2,1H3,(H,32,36)(H3,27,29,30,31). The van der Waals surface area contributed by atoms with E-state index in [1.165, 1.54) is 10.9 Å². The van der Waals surface area contributed by atoms with Crippen LogP contribution in [0.2, 0.25) is 0 Å². The zero-order valence-electron chi connectivity index (χ0n) is 20.5. The van der Waals surface area contributed by atoms with Gasteiger partial charge in [-0.15, -0.1) is 0 Å². The van der Waals surface area contributed by atoms with Crippen LogP contribution in [0.25, 0.3) is 11.2 Å². The second kappa shape index (κ2) is 10.4. The number of anilines is 2. The number of hydrogen-bond donors (Lipinski definition) is 3. The van der Waals surface area contributed by atoms with E-state index < -0.39 is 23.7 Å². The number of nitrogens with one attached hydrogen (secondary N) is 2. The van der Waals surface area contributed by atoms with Gasteiger partial charge in [0.15, 0.2) is 11.2 Å². The van der Waals surface area contributed by atoms with Crippen molar-refractivity contribution in [3.05, 3.63) is 111 Å². The average molecular weight is 512 g/mol. The number of benzene rings is 2. The van der Waals surface area contributed by atoms with E-state index >= 15 is 0 Å². The van der Waals surface area contributed by atoms with Gasteiger partial charge in [0.25, 0.3) is 11.5 Å². The molecule has 2 aromatic carbocycles. The first-order valence-electron chi connectivity index (χ1n) is 11.8. The first-order chi connectivity index (χ1) is 18.4. The molecule has 1 amide bonds. The summed E-state index contributed by atoms with van der Waals surface area (Å²) >= 11 is 0. The summed E-state index contributed by atoms with van der Waals surface area (Å²) in [6.45, 7) is 1.76. The van der Waals surface area contributed by atoms with Gasteiger partial charge in [0, 0.05) is 18.3 Å². The number of nitrogen functional groups attached to an aromatic ring is 1. The zero-order chi connectivity index (χ0) is 26.6. The molecule has 0 spiro atoms. The van der Waals surface area contributed by atoms with E-state index in [0.29, 0.717) is 12.2 Å². The molecule has 4 N–H and O–H groups in total. The number of imidazole rings is 1. The Balaban J connectivity index is 1.52. The molecule has 0 saturated heterocycles. The highest BCUT2D eigenvalue weighted by molar-refractivity contribution is 5.77. The Morgan fingerprint density at radius 1 is 0.921 bits per heavy atom. The van der Waals surface area contributed by atoms with Gasteiger partial charge in [0.1, 0.15) is 12.4 Å². The number of hydrazine groups is 1. The van der Waals surface area contributed by atoms with E-state index in [0.717, 1.165) is 15.7 Å². The van der Waals surface area contributed by atoms with Crippen molar-refractivity contribution in [2.75, 3.05) is 11.2 Å². The molecule has 3 aromatic heterocycles. The number of aryl methyl sites for hydroxylation is 1. The molecule has 0 fully saturated rings. The summed E-state index contributed by atoms with van der Waals surface area (Å²) in [4.78, 5) is 52.3. The lowest BCUT2D eigenvalue weighted by Crippen LogP contribution is -2.45. The Bertz CT molecular complexity index is 1700. The number of aromatic nitrogens is 6. The van der Waals surface area contributed by atoms with E-state index in [1.807, 2.05) is 60.7 Å². The molecule has 192 valence electrons. The average Bonchev–Trinajstić information content (AvgIpc) is 3.32. The third kappa shape index (κ3) is 5.14. The van der Waals surface area contributed by atoms with Crippen LogP contribution in [0, 0.1) is 6.92 Å². The summed E-state index contributed by atoms with van der Waals surface area (Å²) in [6.07, 6.45) is 1.54. The molecular formula is C26H25N9O3. The van der Waals surface area contributed by atoms with Gasteiger partial charge in [-0.3, -0.25) is 25.0 Å². The Labute approximate surface area is 216 Å². The zero-order valence-corrected chi connectivity index (χ0v) is 20.5. The highest BCUT2D eigenvalue weighted by Crippen LogP contribution is 2.12. The molecule has 0 unspecified atom stereocenters.